The highest BCUT2D eigenvalue weighted by Crippen LogP contribution is 2.38. The van der Waals surface area contributed by atoms with E-state index in [-0.39, 0.29) is 11.9 Å². The summed E-state index contributed by atoms with van der Waals surface area (Å²) >= 11 is 6.30. The second kappa shape index (κ2) is 10.4. The average Bonchev–Trinajstić information content (AvgIpc) is 3.46. The van der Waals surface area contributed by atoms with E-state index in [4.69, 9.17) is 20.8 Å². The molecule has 2 aromatic heterocycles. The Morgan fingerprint density at radius 3 is 2.71 bits per heavy atom. The maximum atomic E-state index is 13.3. The van der Waals surface area contributed by atoms with Crippen molar-refractivity contribution < 1.29 is 13.9 Å². The van der Waals surface area contributed by atoms with Crippen LogP contribution in [0.4, 0.5) is 5.69 Å². The van der Waals surface area contributed by atoms with Crippen LogP contribution < -0.4 is 20.7 Å². The van der Waals surface area contributed by atoms with Crippen LogP contribution in [-0.2, 0) is 5.54 Å². The number of benzene rings is 2. The van der Waals surface area contributed by atoms with Gasteiger partial charge in [0, 0.05) is 41.2 Å². The van der Waals surface area contributed by atoms with Crippen molar-refractivity contribution in [3.05, 3.63) is 89.0 Å². The van der Waals surface area contributed by atoms with Crippen LogP contribution in [0.5, 0.6) is 5.75 Å². The number of fused-ring (bicyclic) bond motifs is 1. The maximum Gasteiger partial charge on any atom is 0.251 e. The fraction of sp³-hybridized carbons (Fsp3) is 0.286. The predicted octanol–water partition coefficient (Wildman–Crippen LogP) is 4.73. The summed E-state index contributed by atoms with van der Waals surface area (Å²) in [7, 11) is 0. The van der Waals surface area contributed by atoms with Crippen LogP contribution in [0, 0.1) is 0 Å². The highest BCUT2D eigenvalue weighted by molar-refractivity contribution is 6.32. The van der Waals surface area contributed by atoms with E-state index in [1.165, 1.54) is 0 Å². The number of rotatable bonds is 6. The van der Waals surface area contributed by atoms with Gasteiger partial charge in [0.25, 0.3) is 5.91 Å². The minimum atomic E-state index is -0.560. The van der Waals surface area contributed by atoms with Crippen LogP contribution in [0.15, 0.2) is 71.4 Å². The van der Waals surface area contributed by atoms with Gasteiger partial charge in [-0.15, -0.1) is 10.2 Å². The lowest BCUT2D eigenvalue weighted by Crippen LogP contribution is -2.45. The lowest BCUT2D eigenvalue weighted by molar-refractivity contribution is 0.0925. The van der Waals surface area contributed by atoms with Crippen molar-refractivity contribution >= 4 is 23.2 Å². The number of halogens is 1. The maximum absolute atomic E-state index is 13.3. The van der Waals surface area contributed by atoms with Gasteiger partial charge in [0.15, 0.2) is 0 Å². The second-order valence-electron chi connectivity index (χ2n) is 9.51. The summed E-state index contributed by atoms with van der Waals surface area (Å²) in [6.45, 7) is 2.09. The topological polar surface area (TPSA) is 114 Å². The van der Waals surface area contributed by atoms with Crippen LogP contribution in [0.2, 0.25) is 5.02 Å². The number of hydrogen-bond donors (Lipinski definition) is 3. The molecule has 1 amide bonds. The predicted molar refractivity (Wildman–Crippen MR) is 143 cm³/mol. The first-order valence-electron chi connectivity index (χ1n) is 12.7. The lowest BCUT2D eigenvalue weighted by atomic mass is 9.87. The molecule has 1 atom stereocenters. The molecule has 4 aromatic rings. The first kappa shape index (κ1) is 24.4. The molecule has 0 bridgehead atoms. The zero-order valence-corrected chi connectivity index (χ0v) is 21.4. The largest absolute Gasteiger partial charge is 0.492 e. The third kappa shape index (κ3) is 4.82. The zero-order valence-electron chi connectivity index (χ0n) is 20.6. The number of pyridine rings is 1. The monoisotopic (exact) mass is 530 g/mol. The second-order valence-corrected chi connectivity index (χ2v) is 9.91. The highest BCUT2D eigenvalue weighted by Gasteiger charge is 2.39. The van der Waals surface area contributed by atoms with Crippen LogP contribution >= 0.6 is 11.6 Å². The Morgan fingerprint density at radius 1 is 1.05 bits per heavy atom. The fourth-order valence-electron chi connectivity index (χ4n) is 5.07. The molecule has 0 spiro atoms. The molecule has 0 unspecified atom stereocenters. The van der Waals surface area contributed by atoms with E-state index in [1.807, 2.05) is 48.5 Å². The molecule has 0 radical (unpaired) electrons. The van der Waals surface area contributed by atoms with Gasteiger partial charge < -0.3 is 25.1 Å². The summed E-state index contributed by atoms with van der Waals surface area (Å²) in [5.41, 5.74) is 2.50. The van der Waals surface area contributed by atoms with Crippen molar-refractivity contribution in [3.63, 3.8) is 0 Å². The summed E-state index contributed by atoms with van der Waals surface area (Å²) < 4.78 is 11.9. The number of aromatic nitrogens is 3. The Bertz CT molecular complexity index is 1440. The van der Waals surface area contributed by atoms with Crippen molar-refractivity contribution in [1.29, 1.82) is 0 Å². The number of nitrogens with zero attached hydrogens (tertiary/aromatic N) is 3. The number of nitrogens with one attached hydrogen (secondary N) is 3. The van der Waals surface area contributed by atoms with Crippen molar-refractivity contribution in [2.45, 2.75) is 30.8 Å². The van der Waals surface area contributed by atoms with Gasteiger partial charge in [-0.25, -0.2) is 0 Å². The van der Waals surface area contributed by atoms with E-state index in [0.717, 1.165) is 42.7 Å². The van der Waals surface area contributed by atoms with Gasteiger partial charge in [-0.1, -0.05) is 29.8 Å². The van der Waals surface area contributed by atoms with Gasteiger partial charge in [-0.05, 0) is 62.3 Å². The minimum Gasteiger partial charge on any atom is -0.492 e. The Kier molecular flexibility index (Phi) is 6.70. The number of hydrogen-bond acceptors (Lipinski definition) is 8. The molecule has 6 rings (SSSR count). The van der Waals surface area contributed by atoms with Crippen LogP contribution in [-0.4, -0.2) is 40.8 Å². The van der Waals surface area contributed by atoms with Crippen molar-refractivity contribution in [2.75, 3.05) is 25.0 Å². The molecule has 38 heavy (non-hydrogen) atoms. The fourth-order valence-corrected chi connectivity index (χ4v) is 5.30. The molecule has 3 N–H and O–H groups in total. The molecule has 1 saturated heterocycles. The van der Waals surface area contributed by atoms with E-state index >= 15 is 0 Å². The SMILES string of the molecule is O=C(N[C@@H]1CCOc2c(Cl)cccc21)c1cccc(NC2(c3nnc(-c4ccncc4)o3)CCNCC2)c1. The third-order valence-corrected chi connectivity index (χ3v) is 7.36. The molecule has 1 fully saturated rings. The van der Waals surface area contributed by atoms with E-state index in [0.29, 0.717) is 41.1 Å². The molecule has 4 heterocycles. The molecular weight excluding hydrogens is 504 g/mol. The highest BCUT2D eigenvalue weighted by atomic mass is 35.5. The average molecular weight is 531 g/mol. The molecule has 194 valence electrons. The summed E-state index contributed by atoms with van der Waals surface area (Å²) in [6.07, 6.45) is 5.57. The number of anilines is 1. The quantitative estimate of drug-likeness (QED) is 0.328. The number of para-hydroxylation sites is 1. The molecule has 0 aliphatic carbocycles. The number of carbonyl (C=O) groups is 1. The molecule has 2 aliphatic rings. The van der Waals surface area contributed by atoms with Gasteiger partial charge in [0.2, 0.25) is 11.8 Å². The van der Waals surface area contributed by atoms with Crippen LogP contribution in [0.25, 0.3) is 11.5 Å². The van der Waals surface area contributed by atoms with Gasteiger partial charge in [-0.3, -0.25) is 9.78 Å². The van der Waals surface area contributed by atoms with Gasteiger partial charge in [-0.2, -0.15) is 0 Å². The van der Waals surface area contributed by atoms with E-state index in [1.54, 1.807) is 18.5 Å². The Labute approximate surface area is 225 Å². The molecule has 2 aliphatic heterocycles. The van der Waals surface area contributed by atoms with Crippen molar-refractivity contribution in [3.8, 4) is 17.2 Å². The van der Waals surface area contributed by atoms with E-state index in [9.17, 15) is 4.79 Å². The molecule has 2 aromatic carbocycles. The summed E-state index contributed by atoms with van der Waals surface area (Å²) in [4.78, 5) is 17.3. The number of piperidine rings is 1. The van der Waals surface area contributed by atoms with Crippen molar-refractivity contribution in [1.82, 2.24) is 25.8 Å². The Hall–Kier alpha value is -3.95. The number of amides is 1. The van der Waals surface area contributed by atoms with Gasteiger partial charge in [0.1, 0.15) is 11.3 Å². The summed E-state index contributed by atoms with van der Waals surface area (Å²) in [6, 6.07) is 16.6. The first-order chi connectivity index (χ1) is 18.6. The molecule has 0 saturated carbocycles. The van der Waals surface area contributed by atoms with Crippen molar-refractivity contribution in [2.24, 2.45) is 0 Å². The standard InChI is InChI=1S/C28H27ClN6O3/c29-22-6-2-5-21-23(9-16-37-24(21)22)32-25(36)19-3-1-4-20(17-19)33-28(10-14-31-15-11-28)27-35-34-26(38-27)18-7-12-30-13-8-18/h1-8,12-13,17,23,31,33H,9-11,14-16H2,(H,32,36)/t23-/m1/s1. The van der Waals surface area contributed by atoms with Crippen LogP contribution in [0.3, 0.4) is 0 Å². The Balaban J connectivity index is 1.23. The minimum absolute atomic E-state index is 0.163. The smallest absolute Gasteiger partial charge is 0.251 e. The van der Waals surface area contributed by atoms with Gasteiger partial charge in [0.05, 0.1) is 17.7 Å². The van der Waals surface area contributed by atoms with E-state index in [2.05, 4.69) is 31.1 Å². The first-order valence-corrected chi connectivity index (χ1v) is 13.0. The molecular formula is C28H27ClN6O3. The third-order valence-electron chi connectivity index (χ3n) is 7.06. The van der Waals surface area contributed by atoms with Crippen LogP contribution in [0.1, 0.15) is 47.1 Å². The zero-order chi connectivity index (χ0) is 26.0. The Morgan fingerprint density at radius 2 is 1.87 bits per heavy atom. The number of carbonyl (C=O) groups excluding carboxylic acids is 1. The normalized spacial score (nSPS) is 18.2. The summed E-state index contributed by atoms with van der Waals surface area (Å²) in [5, 5.41) is 19.4. The van der Waals surface area contributed by atoms with Gasteiger partial charge >= 0.3 is 0 Å². The van der Waals surface area contributed by atoms with E-state index < -0.39 is 5.54 Å². The molecule has 9 nitrogen and oxygen atoms in total. The lowest BCUT2D eigenvalue weighted by Gasteiger charge is -2.36. The molecule has 10 heteroatoms. The summed E-state index contributed by atoms with van der Waals surface area (Å²) in [5.74, 6) is 1.45. The number of ether oxygens (including phenoxy) is 1.